The smallest absolute Gasteiger partial charge is 0.327 e. The van der Waals surface area contributed by atoms with Gasteiger partial charge < -0.3 is 20.1 Å². The van der Waals surface area contributed by atoms with Crippen LogP contribution in [0.25, 0.3) is 0 Å². The maximum absolute atomic E-state index is 9.37. The van der Waals surface area contributed by atoms with Crippen molar-refractivity contribution in [2.45, 2.75) is 90.3 Å². The summed E-state index contributed by atoms with van der Waals surface area (Å²) < 4.78 is 5.08. The second-order valence-electron chi connectivity index (χ2n) is 5.85. The molecule has 0 aromatic rings. The first kappa shape index (κ1) is 25.3. The molecule has 24 heavy (non-hydrogen) atoms. The van der Waals surface area contributed by atoms with Crippen LogP contribution in [0.5, 0.6) is 0 Å². The minimum atomic E-state index is -0.981. The lowest BCUT2D eigenvalue weighted by Crippen LogP contribution is -2.10. The lowest BCUT2D eigenvalue weighted by molar-refractivity contribution is -0.131. The van der Waals surface area contributed by atoms with Crippen molar-refractivity contribution in [2.75, 3.05) is 13.2 Å². The topological polar surface area (TPSA) is 87.0 Å². The summed E-state index contributed by atoms with van der Waals surface area (Å²) >= 11 is 0. The van der Waals surface area contributed by atoms with E-state index in [4.69, 9.17) is 14.9 Å². The molecule has 0 aliphatic heterocycles. The molecule has 0 rings (SSSR count). The monoisotopic (exact) mass is 346 g/mol. The summed E-state index contributed by atoms with van der Waals surface area (Å²) in [5.74, 6) is -0.981. The van der Waals surface area contributed by atoms with Crippen LogP contribution in [0.3, 0.4) is 0 Å². The number of aliphatic carboxylic acids is 1. The average Bonchev–Trinajstić information content (AvgIpc) is 2.56. The molecule has 0 amide bonds. The highest BCUT2D eigenvalue weighted by molar-refractivity contribution is 5.78. The van der Waals surface area contributed by atoms with Gasteiger partial charge in [0.2, 0.25) is 0 Å². The van der Waals surface area contributed by atoms with E-state index in [-0.39, 0.29) is 0 Å². The van der Waals surface area contributed by atoms with Crippen LogP contribution in [0, 0.1) is 0 Å². The van der Waals surface area contributed by atoms with E-state index in [1.165, 1.54) is 57.8 Å². The average molecular weight is 347 g/mol. The minimum Gasteiger partial charge on any atom is -0.478 e. The Morgan fingerprint density at radius 3 is 1.67 bits per heavy atom. The third kappa shape index (κ3) is 26.0. The Hall–Kier alpha value is -0.910. The van der Waals surface area contributed by atoms with Gasteiger partial charge in [0.25, 0.3) is 0 Å². The Morgan fingerprint density at radius 2 is 1.33 bits per heavy atom. The van der Waals surface area contributed by atoms with Crippen LogP contribution in [0.15, 0.2) is 12.7 Å². The number of carbonyl (C=O) groups is 1. The van der Waals surface area contributed by atoms with E-state index in [2.05, 4.69) is 6.58 Å². The fourth-order valence-electron chi connectivity index (χ4n) is 2.30. The second kappa shape index (κ2) is 22.1. The number of hydrogen-bond donors (Lipinski definition) is 3. The molecule has 0 spiro atoms. The van der Waals surface area contributed by atoms with Crippen molar-refractivity contribution in [3.63, 3.8) is 0 Å². The largest absolute Gasteiger partial charge is 0.478 e. The number of rotatable bonds is 16. The van der Waals surface area contributed by atoms with E-state index in [0.717, 1.165) is 25.3 Å². The van der Waals surface area contributed by atoms with Crippen molar-refractivity contribution in [2.24, 2.45) is 0 Å². The Balaban J connectivity index is 0. The molecule has 0 saturated carbocycles. The SMILES string of the molecule is C=CC(=O)O.CCOC(O)CCCCCCCCCCCCCO. The number of hydrogen-bond acceptors (Lipinski definition) is 4. The van der Waals surface area contributed by atoms with Crippen molar-refractivity contribution in [1.82, 2.24) is 0 Å². The Labute approximate surface area is 147 Å². The van der Waals surface area contributed by atoms with Crippen molar-refractivity contribution >= 4 is 5.97 Å². The fraction of sp³-hybridized carbons (Fsp3) is 0.842. The predicted molar refractivity (Wildman–Crippen MR) is 98.0 cm³/mol. The van der Waals surface area contributed by atoms with Crippen molar-refractivity contribution in [1.29, 1.82) is 0 Å². The lowest BCUT2D eigenvalue weighted by Gasteiger charge is -2.09. The number of aliphatic hydroxyl groups excluding tert-OH is 2. The number of carboxylic acid groups (broad SMARTS) is 1. The van der Waals surface area contributed by atoms with E-state index in [0.29, 0.717) is 13.2 Å². The third-order valence-electron chi connectivity index (χ3n) is 3.64. The summed E-state index contributed by atoms with van der Waals surface area (Å²) in [5.41, 5.74) is 0. The predicted octanol–water partition coefficient (Wildman–Crippen LogP) is 4.27. The van der Waals surface area contributed by atoms with Crippen LogP contribution in [0.2, 0.25) is 0 Å². The van der Waals surface area contributed by atoms with Crippen molar-refractivity contribution in [3.05, 3.63) is 12.7 Å². The second-order valence-corrected chi connectivity index (χ2v) is 5.85. The van der Waals surface area contributed by atoms with E-state index in [9.17, 15) is 9.90 Å². The van der Waals surface area contributed by atoms with E-state index < -0.39 is 12.3 Å². The summed E-state index contributed by atoms with van der Waals surface area (Å²) in [7, 11) is 0. The first-order valence-corrected chi connectivity index (χ1v) is 9.34. The van der Waals surface area contributed by atoms with Crippen LogP contribution in [0.4, 0.5) is 0 Å². The molecule has 0 fully saturated rings. The first-order valence-electron chi connectivity index (χ1n) is 9.34. The maximum atomic E-state index is 9.37. The zero-order valence-electron chi connectivity index (χ0n) is 15.4. The van der Waals surface area contributed by atoms with Crippen LogP contribution in [-0.2, 0) is 9.53 Å². The molecular weight excluding hydrogens is 308 g/mol. The summed E-state index contributed by atoms with van der Waals surface area (Å²) in [5, 5.41) is 25.6. The van der Waals surface area contributed by atoms with E-state index >= 15 is 0 Å². The molecular formula is C19H38O5. The highest BCUT2D eigenvalue weighted by atomic mass is 16.6. The molecule has 3 N–H and O–H groups in total. The Morgan fingerprint density at radius 1 is 0.958 bits per heavy atom. The van der Waals surface area contributed by atoms with Crippen LogP contribution in [0.1, 0.15) is 84.0 Å². The first-order chi connectivity index (χ1) is 11.6. The van der Waals surface area contributed by atoms with Gasteiger partial charge in [-0.1, -0.05) is 64.4 Å². The molecule has 1 unspecified atom stereocenters. The molecule has 144 valence electrons. The lowest BCUT2D eigenvalue weighted by atomic mass is 10.1. The molecule has 5 nitrogen and oxygen atoms in total. The number of carboxylic acids is 1. The summed E-state index contributed by atoms with van der Waals surface area (Å²) in [6.07, 6.45) is 14.7. The van der Waals surface area contributed by atoms with Gasteiger partial charge in [-0.25, -0.2) is 4.79 Å². The van der Waals surface area contributed by atoms with Gasteiger partial charge in [-0.15, -0.1) is 0 Å². The number of aliphatic hydroxyl groups is 2. The highest BCUT2D eigenvalue weighted by Crippen LogP contribution is 2.12. The Bertz CT molecular complexity index is 268. The van der Waals surface area contributed by atoms with Gasteiger partial charge in [0.1, 0.15) is 0 Å². The fourth-order valence-corrected chi connectivity index (χ4v) is 2.30. The highest BCUT2D eigenvalue weighted by Gasteiger charge is 2.01. The van der Waals surface area contributed by atoms with Gasteiger partial charge in [0.15, 0.2) is 6.29 Å². The molecule has 5 heteroatoms. The van der Waals surface area contributed by atoms with Crippen molar-refractivity contribution < 1.29 is 24.9 Å². The van der Waals surface area contributed by atoms with Gasteiger partial charge in [-0.3, -0.25) is 0 Å². The Kier molecular flexibility index (Phi) is 23.3. The summed E-state index contributed by atoms with van der Waals surface area (Å²) in [4.78, 5) is 9.25. The zero-order chi connectivity index (χ0) is 18.5. The van der Waals surface area contributed by atoms with Gasteiger partial charge in [-0.2, -0.15) is 0 Å². The minimum absolute atomic E-state index is 0.345. The third-order valence-corrected chi connectivity index (χ3v) is 3.64. The summed E-state index contributed by atoms with van der Waals surface area (Å²) in [6, 6.07) is 0. The molecule has 0 aliphatic rings. The molecule has 0 bridgehead atoms. The van der Waals surface area contributed by atoms with Crippen LogP contribution >= 0.6 is 0 Å². The molecule has 0 saturated heterocycles. The molecule has 0 heterocycles. The molecule has 0 aromatic heterocycles. The van der Waals surface area contributed by atoms with Gasteiger partial charge in [0.05, 0.1) is 0 Å². The van der Waals surface area contributed by atoms with E-state index in [1.54, 1.807) is 0 Å². The van der Waals surface area contributed by atoms with Gasteiger partial charge in [-0.05, 0) is 26.2 Å². The van der Waals surface area contributed by atoms with Gasteiger partial charge >= 0.3 is 5.97 Å². The molecule has 0 aliphatic carbocycles. The number of unbranched alkanes of at least 4 members (excludes halogenated alkanes) is 10. The molecule has 0 aromatic carbocycles. The molecule has 1 atom stereocenters. The van der Waals surface area contributed by atoms with Gasteiger partial charge in [0, 0.05) is 19.3 Å². The maximum Gasteiger partial charge on any atom is 0.327 e. The normalized spacial score (nSPS) is 11.5. The standard InChI is InChI=1S/C16H34O3.C3H4O2/c1-2-19-16(18)14-12-10-8-6-4-3-5-7-9-11-13-15-17;1-2-3(4)5/h16-18H,2-15H2,1H3;2H,1H2,(H,4,5). The van der Waals surface area contributed by atoms with Crippen molar-refractivity contribution in [3.8, 4) is 0 Å². The quantitative estimate of drug-likeness (QED) is 0.221. The zero-order valence-corrected chi connectivity index (χ0v) is 15.4. The summed E-state index contributed by atoms with van der Waals surface area (Å²) in [6.45, 7) is 5.81. The van der Waals surface area contributed by atoms with Crippen LogP contribution in [-0.4, -0.2) is 40.8 Å². The number of ether oxygens (including phenoxy) is 1. The molecule has 0 radical (unpaired) electrons. The van der Waals surface area contributed by atoms with E-state index in [1.807, 2.05) is 6.92 Å². The van der Waals surface area contributed by atoms with Crippen LogP contribution < -0.4 is 0 Å².